The number of nitrogens with zero attached hydrogens (tertiary/aromatic N) is 2. The van der Waals surface area contributed by atoms with E-state index in [1.807, 2.05) is 24.3 Å². The van der Waals surface area contributed by atoms with E-state index in [9.17, 15) is 14.4 Å². The Balaban J connectivity index is 1.87. The van der Waals surface area contributed by atoms with E-state index < -0.39 is 0 Å². The van der Waals surface area contributed by atoms with Crippen molar-refractivity contribution in [1.29, 1.82) is 0 Å². The number of amides is 2. The highest BCUT2D eigenvalue weighted by molar-refractivity contribution is 5.98. The number of hydrogen-bond acceptors (Lipinski definition) is 5. The van der Waals surface area contributed by atoms with Crippen LogP contribution < -0.4 is 20.3 Å². The lowest BCUT2D eigenvalue weighted by Gasteiger charge is -2.17. The highest BCUT2D eigenvalue weighted by atomic mass is 16.5. The van der Waals surface area contributed by atoms with Crippen molar-refractivity contribution in [3.8, 4) is 23.3 Å². The second kappa shape index (κ2) is 9.85. The molecule has 0 unspecified atom stereocenters. The van der Waals surface area contributed by atoms with Gasteiger partial charge in [-0.25, -0.2) is 0 Å². The number of ether oxygens (including phenoxy) is 2. The molecule has 0 bridgehead atoms. The predicted octanol–water partition coefficient (Wildman–Crippen LogP) is 1.20. The van der Waals surface area contributed by atoms with Gasteiger partial charge in [-0.1, -0.05) is 18.1 Å². The third kappa shape index (κ3) is 4.89. The molecule has 2 amide bonds. The molecule has 3 rings (SSSR count). The maximum atomic E-state index is 13.1. The zero-order chi connectivity index (χ0) is 22.4. The van der Waals surface area contributed by atoms with Crippen LogP contribution in [0.25, 0.3) is 0 Å². The highest BCUT2D eigenvalue weighted by Gasteiger charge is 2.26. The summed E-state index contributed by atoms with van der Waals surface area (Å²) < 4.78 is 12.0. The average molecular weight is 423 g/mol. The van der Waals surface area contributed by atoms with Gasteiger partial charge in [-0.2, -0.15) is 0 Å². The minimum absolute atomic E-state index is 0.219. The molecular weight excluding hydrogens is 398 g/mol. The summed E-state index contributed by atoms with van der Waals surface area (Å²) in [6.45, 7) is 2.90. The van der Waals surface area contributed by atoms with Gasteiger partial charge in [-0.05, 0) is 30.5 Å². The normalized spacial score (nSPS) is 12.7. The Morgan fingerprint density at radius 1 is 1.10 bits per heavy atom. The topological polar surface area (TPSA) is 89.9 Å². The monoisotopic (exact) mass is 423 g/mol. The summed E-state index contributed by atoms with van der Waals surface area (Å²) in [5.41, 5.74) is 1.50. The maximum Gasteiger partial charge on any atom is 0.298 e. The Morgan fingerprint density at radius 3 is 2.48 bits per heavy atom. The summed E-state index contributed by atoms with van der Waals surface area (Å²) in [5, 5.41) is 2.89. The fraction of sp³-hybridized carbons (Fsp3) is 0.348. The van der Waals surface area contributed by atoms with Crippen molar-refractivity contribution < 1.29 is 19.1 Å². The van der Waals surface area contributed by atoms with Crippen LogP contribution in [0, 0.1) is 11.8 Å². The Morgan fingerprint density at radius 2 is 1.84 bits per heavy atom. The summed E-state index contributed by atoms with van der Waals surface area (Å²) in [6, 6.07) is 8.69. The lowest BCUT2D eigenvalue weighted by atomic mass is 10.1. The van der Waals surface area contributed by atoms with Crippen molar-refractivity contribution >= 4 is 11.8 Å². The quantitative estimate of drug-likeness (QED) is 0.730. The first-order valence-electron chi connectivity index (χ1n) is 9.92. The third-order valence-corrected chi connectivity index (χ3v) is 5.17. The molecule has 0 radical (unpaired) electrons. The van der Waals surface area contributed by atoms with Crippen LogP contribution in [0.5, 0.6) is 11.5 Å². The molecule has 8 nitrogen and oxygen atoms in total. The molecule has 1 aromatic carbocycles. The molecule has 0 fully saturated rings. The lowest BCUT2D eigenvalue weighted by Crippen LogP contribution is -2.33. The number of methoxy groups -OCH3 is 2. The minimum Gasteiger partial charge on any atom is -0.497 e. The summed E-state index contributed by atoms with van der Waals surface area (Å²) in [6.07, 6.45) is 0.342. The van der Waals surface area contributed by atoms with E-state index in [1.54, 1.807) is 18.9 Å². The third-order valence-electron chi connectivity index (χ3n) is 5.17. The van der Waals surface area contributed by atoms with Crippen LogP contribution >= 0.6 is 0 Å². The summed E-state index contributed by atoms with van der Waals surface area (Å²) in [5.74, 6) is 5.45. The van der Waals surface area contributed by atoms with Crippen LogP contribution in [0.2, 0.25) is 0 Å². The molecule has 0 saturated heterocycles. The van der Waals surface area contributed by atoms with E-state index in [0.29, 0.717) is 37.3 Å². The average Bonchev–Trinajstić information content (AvgIpc) is 3.01. The maximum absolute atomic E-state index is 13.1. The number of rotatable bonds is 5. The zero-order valence-electron chi connectivity index (χ0n) is 17.9. The van der Waals surface area contributed by atoms with Crippen molar-refractivity contribution in [2.24, 2.45) is 0 Å². The minimum atomic E-state index is -0.343. The van der Waals surface area contributed by atoms with Gasteiger partial charge in [0.1, 0.15) is 17.1 Å². The van der Waals surface area contributed by atoms with Gasteiger partial charge in [-0.3, -0.25) is 14.4 Å². The van der Waals surface area contributed by atoms with Gasteiger partial charge < -0.3 is 24.3 Å². The molecule has 0 aliphatic carbocycles. The summed E-state index contributed by atoms with van der Waals surface area (Å²) >= 11 is 0. The van der Waals surface area contributed by atoms with Crippen LogP contribution in [0.1, 0.15) is 28.5 Å². The number of nitrogens with one attached hydrogen (secondary N) is 1. The van der Waals surface area contributed by atoms with Crippen LogP contribution in [0.3, 0.4) is 0 Å². The summed E-state index contributed by atoms with van der Waals surface area (Å²) in [7, 11) is 3.02. The molecule has 2 aromatic rings. The predicted molar refractivity (Wildman–Crippen MR) is 115 cm³/mol. The van der Waals surface area contributed by atoms with E-state index in [4.69, 9.17) is 9.47 Å². The molecule has 2 heterocycles. The van der Waals surface area contributed by atoms with E-state index in [2.05, 4.69) is 17.2 Å². The molecular formula is C23H25N3O5. The molecule has 1 aliphatic heterocycles. The molecule has 31 heavy (non-hydrogen) atoms. The van der Waals surface area contributed by atoms with E-state index in [-0.39, 0.29) is 29.7 Å². The largest absolute Gasteiger partial charge is 0.497 e. The van der Waals surface area contributed by atoms with E-state index in [0.717, 1.165) is 11.3 Å². The Labute approximate surface area is 180 Å². The second-order valence-electron chi connectivity index (χ2n) is 6.97. The van der Waals surface area contributed by atoms with Gasteiger partial charge in [0, 0.05) is 44.4 Å². The Bertz CT molecular complexity index is 1090. The lowest BCUT2D eigenvalue weighted by molar-refractivity contribution is -0.125. The number of pyridine rings is 1. The standard InChI is InChI=1S/C23H25N3O5/c1-4-5-20(27)25-11-10-18-22(19(31-3)14-21(28)26(18)13-12-25)23(29)24-15-16-6-8-17(30-2)9-7-16/h6-9,14H,10-13,15H2,1-3H3,(H,24,29). The van der Waals surface area contributed by atoms with Crippen molar-refractivity contribution in [2.75, 3.05) is 27.3 Å². The first-order valence-corrected chi connectivity index (χ1v) is 9.92. The van der Waals surface area contributed by atoms with Gasteiger partial charge >= 0.3 is 0 Å². The van der Waals surface area contributed by atoms with E-state index in [1.165, 1.54) is 17.7 Å². The Kier molecular flexibility index (Phi) is 6.98. The second-order valence-corrected chi connectivity index (χ2v) is 6.97. The molecule has 0 atom stereocenters. The molecule has 1 aromatic heterocycles. The smallest absolute Gasteiger partial charge is 0.298 e. The van der Waals surface area contributed by atoms with Crippen LogP contribution in [0.4, 0.5) is 0 Å². The number of carbonyl (C=O) groups excluding carboxylic acids is 2. The molecule has 1 N–H and O–H groups in total. The van der Waals surface area contributed by atoms with Crippen LogP contribution in [-0.4, -0.2) is 48.6 Å². The SMILES string of the molecule is CC#CC(=O)N1CCc2c(C(=O)NCc3ccc(OC)cc3)c(OC)cc(=O)n2CC1. The van der Waals surface area contributed by atoms with Crippen molar-refractivity contribution in [3.05, 3.63) is 57.5 Å². The number of aromatic nitrogens is 1. The van der Waals surface area contributed by atoms with Crippen LogP contribution in [0.15, 0.2) is 35.1 Å². The van der Waals surface area contributed by atoms with Crippen LogP contribution in [-0.2, 0) is 24.3 Å². The number of hydrogen-bond donors (Lipinski definition) is 1. The Hall–Kier alpha value is -3.73. The van der Waals surface area contributed by atoms with Gasteiger partial charge in [0.15, 0.2) is 0 Å². The molecule has 8 heteroatoms. The molecule has 162 valence electrons. The van der Waals surface area contributed by atoms with Gasteiger partial charge in [0.25, 0.3) is 17.4 Å². The van der Waals surface area contributed by atoms with Crippen molar-refractivity contribution in [2.45, 2.75) is 26.4 Å². The highest BCUT2D eigenvalue weighted by Crippen LogP contribution is 2.23. The number of fused-ring (bicyclic) bond motifs is 1. The first-order chi connectivity index (χ1) is 15.0. The fourth-order valence-electron chi connectivity index (χ4n) is 3.56. The number of benzene rings is 1. The summed E-state index contributed by atoms with van der Waals surface area (Å²) in [4.78, 5) is 39.5. The molecule has 1 aliphatic rings. The van der Waals surface area contributed by atoms with Crippen molar-refractivity contribution in [1.82, 2.24) is 14.8 Å². The zero-order valence-corrected chi connectivity index (χ0v) is 17.9. The van der Waals surface area contributed by atoms with E-state index >= 15 is 0 Å². The number of carbonyl (C=O) groups is 2. The fourth-order valence-corrected chi connectivity index (χ4v) is 3.56. The van der Waals surface area contributed by atoms with Gasteiger partial charge in [0.2, 0.25) is 0 Å². The molecule has 0 saturated carbocycles. The first kappa shape index (κ1) is 22.0. The van der Waals surface area contributed by atoms with Crippen molar-refractivity contribution in [3.63, 3.8) is 0 Å². The molecule has 0 spiro atoms. The van der Waals surface area contributed by atoms with Gasteiger partial charge in [-0.15, -0.1) is 0 Å². The van der Waals surface area contributed by atoms with Gasteiger partial charge in [0.05, 0.1) is 14.2 Å².